The normalized spacial score (nSPS) is 27.2. The molecule has 0 aromatic carbocycles. The Morgan fingerprint density at radius 1 is 1.53 bits per heavy atom. The quantitative estimate of drug-likeness (QED) is 0.885. The lowest BCUT2D eigenvalue weighted by molar-refractivity contribution is -0.0645. The molecule has 4 heteroatoms. The molecule has 4 nitrogen and oxygen atoms in total. The maximum Gasteiger partial charge on any atom is 0.162 e. The largest absolute Gasteiger partial charge is 0.370 e. The van der Waals surface area contributed by atoms with Crippen LogP contribution in [0.2, 0.25) is 0 Å². The number of methoxy groups -OCH3 is 1. The van der Waals surface area contributed by atoms with Crippen molar-refractivity contribution >= 4 is 5.82 Å². The zero-order valence-electron chi connectivity index (χ0n) is 12.3. The Morgan fingerprint density at radius 2 is 2.37 bits per heavy atom. The van der Waals surface area contributed by atoms with Gasteiger partial charge in [-0.15, -0.1) is 0 Å². The summed E-state index contributed by atoms with van der Waals surface area (Å²) >= 11 is 0. The molecule has 1 fully saturated rings. The van der Waals surface area contributed by atoms with E-state index in [9.17, 15) is 0 Å². The third kappa shape index (κ3) is 3.24. The van der Waals surface area contributed by atoms with Gasteiger partial charge < -0.3 is 10.1 Å². The third-order valence-electron chi connectivity index (χ3n) is 3.97. The van der Waals surface area contributed by atoms with Gasteiger partial charge >= 0.3 is 0 Å². The number of aromatic nitrogens is 2. The van der Waals surface area contributed by atoms with E-state index in [1.165, 1.54) is 12.8 Å². The van der Waals surface area contributed by atoms with E-state index < -0.39 is 0 Å². The van der Waals surface area contributed by atoms with E-state index in [-0.39, 0.29) is 5.60 Å². The summed E-state index contributed by atoms with van der Waals surface area (Å²) in [6.45, 7) is 5.37. The molecular formula is C15H25N3O. The first-order valence-corrected chi connectivity index (χ1v) is 7.33. The molecule has 2 unspecified atom stereocenters. The van der Waals surface area contributed by atoms with Crippen molar-refractivity contribution in [3.63, 3.8) is 0 Å². The fourth-order valence-electron chi connectivity index (χ4n) is 2.91. The zero-order chi connectivity index (χ0) is 13.7. The van der Waals surface area contributed by atoms with E-state index in [1.807, 2.05) is 12.3 Å². The molecule has 1 N–H and O–H groups in total. The van der Waals surface area contributed by atoms with E-state index >= 15 is 0 Å². The van der Waals surface area contributed by atoms with Crippen LogP contribution < -0.4 is 5.32 Å². The highest BCUT2D eigenvalue weighted by molar-refractivity contribution is 5.33. The molecule has 1 aliphatic carbocycles. The highest BCUT2D eigenvalue weighted by Gasteiger charge is 2.39. The van der Waals surface area contributed by atoms with Gasteiger partial charge in [-0.2, -0.15) is 0 Å². The molecule has 2 atom stereocenters. The Bertz CT molecular complexity index is 410. The number of nitrogens with zero attached hydrogens (tertiary/aromatic N) is 2. The number of ether oxygens (including phenoxy) is 1. The van der Waals surface area contributed by atoms with Gasteiger partial charge in [0.25, 0.3) is 0 Å². The van der Waals surface area contributed by atoms with Crippen LogP contribution in [0.5, 0.6) is 0 Å². The summed E-state index contributed by atoms with van der Waals surface area (Å²) in [5.74, 6) is 2.41. The van der Waals surface area contributed by atoms with Gasteiger partial charge in [0.1, 0.15) is 11.4 Å². The first kappa shape index (κ1) is 14.3. The van der Waals surface area contributed by atoms with Gasteiger partial charge in [-0.05, 0) is 37.7 Å². The van der Waals surface area contributed by atoms with Crippen molar-refractivity contribution < 1.29 is 4.74 Å². The average Bonchev–Trinajstić information content (AvgIpc) is 2.45. The topological polar surface area (TPSA) is 47.0 Å². The second-order valence-electron chi connectivity index (χ2n) is 5.59. The summed E-state index contributed by atoms with van der Waals surface area (Å²) in [6, 6.07) is 1.93. The van der Waals surface area contributed by atoms with Gasteiger partial charge in [0.2, 0.25) is 0 Å². The monoisotopic (exact) mass is 263 g/mol. The predicted molar refractivity (Wildman–Crippen MR) is 77.1 cm³/mol. The van der Waals surface area contributed by atoms with Crippen LogP contribution in [0.25, 0.3) is 0 Å². The van der Waals surface area contributed by atoms with Crippen LogP contribution in [-0.2, 0) is 10.3 Å². The summed E-state index contributed by atoms with van der Waals surface area (Å²) in [6.07, 6.45) is 7.42. The van der Waals surface area contributed by atoms with Gasteiger partial charge in [-0.25, -0.2) is 9.97 Å². The second kappa shape index (κ2) is 6.33. The first-order chi connectivity index (χ1) is 9.20. The minimum absolute atomic E-state index is 0.290. The van der Waals surface area contributed by atoms with E-state index in [4.69, 9.17) is 4.74 Å². The minimum atomic E-state index is -0.290. The summed E-state index contributed by atoms with van der Waals surface area (Å²) in [5, 5.41) is 3.32. The van der Waals surface area contributed by atoms with Crippen molar-refractivity contribution in [3.8, 4) is 0 Å². The van der Waals surface area contributed by atoms with E-state index in [1.54, 1.807) is 7.11 Å². The SMILES string of the molecule is CCCNc1ccnc(C2(OC)CCCC(C)C2)n1. The molecule has 0 spiro atoms. The van der Waals surface area contributed by atoms with Crippen molar-refractivity contribution in [2.24, 2.45) is 5.92 Å². The lowest BCUT2D eigenvalue weighted by Crippen LogP contribution is -2.36. The molecule has 1 heterocycles. The molecule has 1 aliphatic rings. The van der Waals surface area contributed by atoms with Crippen LogP contribution in [0.4, 0.5) is 5.82 Å². The zero-order valence-corrected chi connectivity index (χ0v) is 12.3. The number of nitrogens with one attached hydrogen (secondary N) is 1. The fraction of sp³-hybridized carbons (Fsp3) is 0.733. The minimum Gasteiger partial charge on any atom is -0.370 e. The molecule has 0 radical (unpaired) electrons. The highest BCUT2D eigenvalue weighted by Crippen LogP contribution is 2.41. The third-order valence-corrected chi connectivity index (χ3v) is 3.97. The predicted octanol–water partition coefficient (Wildman–Crippen LogP) is 3.35. The van der Waals surface area contributed by atoms with Gasteiger partial charge in [0, 0.05) is 19.9 Å². The standard InChI is InChI=1S/C15H25N3O/c1-4-9-16-13-7-10-17-14(18-13)15(19-3)8-5-6-12(2)11-15/h7,10,12H,4-6,8-9,11H2,1-3H3,(H,16,17,18). The Hall–Kier alpha value is -1.16. The number of hydrogen-bond donors (Lipinski definition) is 1. The van der Waals surface area contributed by atoms with Crippen molar-refractivity contribution in [2.75, 3.05) is 19.0 Å². The molecule has 1 aromatic heterocycles. The second-order valence-corrected chi connectivity index (χ2v) is 5.59. The lowest BCUT2D eigenvalue weighted by atomic mass is 9.78. The fourth-order valence-corrected chi connectivity index (χ4v) is 2.91. The molecular weight excluding hydrogens is 238 g/mol. The van der Waals surface area contributed by atoms with Crippen LogP contribution >= 0.6 is 0 Å². The van der Waals surface area contributed by atoms with E-state index in [0.717, 1.165) is 37.4 Å². The number of hydrogen-bond acceptors (Lipinski definition) is 4. The lowest BCUT2D eigenvalue weighted by Gasteiger charge is -2.37. The average molecular weight is 263 g/mol. The summed E-state index contributed by atoms with van der Waals surface area (Å²) in [5.41, 5.74) is -0.290. The van der Waals surface area contributed by atoms with Crippen molar-refractivity contribution in [2.45, 2.75) is 51.6 Å². The first-order valence-electron chi connectivity index (χ1n) is 7.33. The number of anilines is 1. The van der Waals surface area contributed by atoms with Gasteiger partial charge in [0.05, 0.1) is 0 Å². The van der Waals surface area contributed by atoms with Crippen molar-refractivity contribution in [1.29, 1.82) is 0 Å². The molecule has 106 valence electrons. The summed E-state index contributed by atoms with van der Waals surface area (Å²) in [4.78, 5) is 9.14. The Morgan fingerprint density at radius 3 is 3.05 bits per heavy atom. The molecule has 0 amide bonds. The Kier molecular flexibility index (Phi) is 4.75. The van der Waals surface area contributed by atoms with Crippen LogP contribution in [0.1, 0.15) is 51.8 Å². The Labute approximate surface area is 116 Å². The van der Waals surface area contributed by atoms with Crippen LogP contribution in [0.3, 0.4) is 0 Å². The molecule has 0 bridgehead atoms. The van der Waals surface area contributed by atoms with Crippen molar-refractivity contribution in [1.82, 2.24) is 9.97 Å². The van der Waals surface area contributed by atoms with Gasteiger partial charge in [-0.1, -0.05) is 20.3 Å². The van der Waals surface area contributed by atoms with E-state index in [0.29, 0.717) is 5.92 Å². The smallest absolute Gasteiger partial charge is 0.162 e. The molecule has 2 rings (SSSR count). The maximum absolute atomic E-state index is 5.84. The molecule has 0 saturated heterocycles. The Balaban J connectivity index is 2.22. The van der Waals surface area contributed by atoms with Crippen molar-refractivity contribution in [3.05, 3.63) is 18.1 Å². The number of rotatable bonds is 5. The summed E-state index contributed by atoms with van der Waals surface area (Å²) < 4.78 is 5.84. The van der Waals surface area contributed by atoms with Crippen LogP contribution in [0.15, 0.2) is 12.3 Å². The molecule has 19 heavy (non-hydrogen) atoms. The van der Waals surface area contributed by atoms with E-state index in [2.05, 4.69) is 29.1 Å². The molecule has 0 aliphatic heterocycles. The van der Waals surface area contributed by atoms with Crippen LogP contribution in [-0.4, -0.2) is 23.6 Å². The van der Waals surface area contributed by atoms with Gasteiger partial charge in [-0.3, -0.25) is 0 Å². The summed E-state index contributed by atoms with van der Waals surface area (Å²) in [7, 11) is 1.79. The molecule has 1 saturated carbocycles. The van der Waals surface area contributed by atoms with Crippen LogP contribution in [0, 0.1) is 5.92 Å². The highest BCUT2D eigenvalue weighted by atomic mass is 16.5. The van der Waals surface area contributed by atoms with Gasteiger partial charge in [0.15, 0.2) is 5.82 Å². The maximum atomic E-state index is 5.84. The molecule has 1 aromatic rings.